The summed E-state index contributed by atoms with van der Waals surface area (Å²) in [5.74, 6) is 1.02. The Balaban J connectivity index is 1.59. The Bertz CT molecular complexity index is 808. The number of likely N-dealkylation sites (tertiary alicyclic amines) is 1. The smallest absolute Gasteiger partial charge is 0.252 e. The van der Waals surface area contributed by atoms with E-state index in [1.807, 2.05) is 24.8 Å². The van der Waals surface area contributed by atoms with Crippen LogP contribution in [-0.4, -0.2) is 46.1 Å². The second kappa shape index (κ2) is 7.62. The second-order valence-corrected chi connectivity index (χ2v) is 6.42. The number of carbonyl (C=O) groups is 1. The zero-order valence-electron chi connectivity index (χ0n) is 14.7. The van der Waals surface area contributed by atoms with Crippen LogP contribution in [0.15, 0.2) is 22.7 Å². The molecule has 0 saturated carbocycles. The van der Waals surface area contributed by atoms with Gasteiger partial charge in [0.1, 0.15) is 23.7 Å². The van der Waals surface area contributed by atoms with Crippen molar-refractivity contribution in [3.63, 3.8) is 0 Å². The van der Waals surface area contributed by atoms with Crippen molar-refractivity contribution in [2.45, 2.75) is 39.0 Å². The van der Waals surface area contributed by atoms with Gasteiger partial charge in [-0.2, -0.15) is 5.26 Å². The van der Waals surface area contributed by atoms with Gasteiger partial charge < -0.3 is 9.73 Å². The molecule has 8 heteroatoms. The first kappa shape index (κ1) is 18.0. The van der Waals surface area contributed by atoms with Crippen LogP contribution in [0.25, 0.3) is 0 Å². The number of nitriles is 1. The average molecular weight is 357 g/mol. The molecule has 1 aliphatic rings. The van der Waals surface area contributed by atoms with Gasteiger partial charge >= 0.3 is 0 Å². The zero-order chi connectivity index (χ0) is 18.7. The molecule has 0 bridgehead atoms. The van der Waals surface area contributed by atoms with Crippen LogP contribution in [0, 0.1) is 25.2 Å². The van der Waals surface area contributed by atoms with E-state index in [2.05, 4.69) is 15.3 Å². The molecule has 7 nitrogen and oxygen atoms in total. The van der Waals surface area contributed by atoms with E-state index >= 15 is 0 Å². The van der Waals surface area contributed by atoms with E-state index in [0.29, 0.717) is 37.5 Å². The van der Waals surface area contributed by atoms with Crippen LogP contribution in [-0.2, 0) is 6.54 Å². The largest absolute Gasteiger partial charge is 0.444 e. The number of halogens is 1. The average Bonchev–Trinajstić information content (AvgIpc) is 3.14. The fourth-order valence-electron chi connectivity index (χ4n) is 3.02. The molecule has 1 aliphatic heterocycles. The summed E-state index contributed by atoms with van der Waals surface area (Å²) in [6, 6.07) is 4.80. The van der Waals surface area contributed by atoms with Crippen molar-refractivity contribution in [1.82, 2.24) is 20.2 Å². The van der Waals surface area contributed by atoms with Crippen molar-refractivity contribution >= 4 is 5.91 Å². The maximum absolute atomic E-state index is 13.9. The number of nitrogens with one attached hydrogen (secondary N) is 1. The van der Waals surface area contributed by atoms with Crippen molar-refractivity contribution in [3.8, 4) is 6.07 Å². The lowest BCUT2D eigenvalue weighted by atomic mass is 10.2. The number of oxazole rings is 1. The monoisotopic (exact) mass is 357 g/mol. The lowest BCUT2D eigenvalue weighted by Crippen LogP contribution is -2.39. The van der Waals surface area contributed by atoms with Gasteiger partial charge in [-0.15, -0.1) is 0 Å². The van der Waals surface area contributed by atoms with Crippen molar-refractivity contribution < 1.29 is 13.6 Å². The van der Waals surface area contributed by atoms with Crippen LogP contribution in [0.4, 0.5) is 4.39 Å². The minimum atomic E-state index is -0.939. The van der Waals surface area contributed by atoms with Crippen LogP contribution in [0.3, 0.4) is 0 Å². The van der Waals surface area contributed by atoms with E-state index in [1.54, 1.807) is 6.07 Å². The summed E-state index contributed by atoms with van der Waals surface area (Å²) in [7, 11) is 0. The van der Waals surface area contributed by atoms with Gasteiger partial charge in [-0.3, -0.25) is 9.69 Å². The molecule has 1 amide bonds. The number of amides is 1. The van der Waals surface area contributed by atoms with Gasteiger partial charge in [0.25, 0.3) is 5.91 Å². The molecule has 3 heterocycles. The number of pyridine rings is 1. The Kier molecular flexibility index (Phi) is 5.28. The highest BCUT2D eigenvalue weighted by Gasteiger charge is 2.33. The van der Waals surface area contributed by atoms with Crippen molar-refractivity contribution in [2.24, 2.45) is 0 Å². The minimum Gasteiger partial charge on any atom is -0.444 e. The second-order valence-electron chi connectivity index (χ2n) is 6.42. The van der Waals surface area contributed by atoms with Crippen molar-refractivity contribution in [2.75, 3.05) is 13.1 Å². The van der Waals surface area contributed by atoms with Gasteiger partial charge in [0.05, 0.1) is 17.8 Å². The summed E-state index contributed by atoms with van der Waals surface area (Å²) in [6.45, 7) is 4.73. The maximum atomic E-state index is 13.9. The van der Waals surface area contributed by atoms with Gasteiger partial charge in [0.15, 0.2) is 0 Å². The first-order valence-corrected chi connectivity index (χ1v) is 8.41. The Labute approximate surface area is 150 Å². The fourth-order valence-corrected chi connectivity index (χ4v) is 3.02. The molecule has 3 rings (SSSR count). The predicted molar refractivity (Wildman–Crippen MR) is 91.0 cm³/mol. The molecule has 1 fully saturated rings. The van der Waals surface area contributed by atoms with Crippen LogP contribution in [0.1, 0.15) is 39.8 Å². The van der Waals surface area contributed by atoms with Gasteiger partial charge in [0.2, 0.25) is 5.89 Å². The molecular weight excluding hydrogens is 337 g/mol. The third kappa shape index (κ3) is 4.06. The molecular formula is C18H20FN5O2. The number of hydrogen-bond donors (Lipinski definition) is 1. The molecule has 0 aromatic carbocycles. The molecule has 2 atom stereocenters. The van der Waals surface area contributed by atoms with Crippen LogP contribution < -0.4 is 5.32 Å². The Hall–Kier alpha value is -2.79. The molecule has 0 radical (unpaired) electrons. The number of aryl methyl sites for hydroxylation is 2. The number of carbonyl (C=O) groups excluding carboxylic acids is 1. The molecule has 1 saturated heterocycles. The number of alkyl halides is 1. The number of hydrogen-bond acceptors (Lipinski definition) is 6. The highest BCUT2D eigenvalue weighted by Crippen LogP contribution is 2.23. The summed E-state index contributed by atoms with van der Waals surface area (Å²) in [5.41, 5.74) is 1.44. The van der Waals surface area contributed by atoms with E-state index in [4.69, 9.17) is 9.68 Å². The summed E-state index contributed by atoms with van der Waals surface area (Å²) >= 11 is 0. The van der Waals surface area contributed by atoms with Gasteiger partial charge in [-0.1, -0.05) is 0 Å². The van der Waals surface area contributed by atoms with Crippen LogP contribution in [0.2, 0.25) is 0 Å². The highest BCUT2D eigenvalue weighted by molar-refractivity contribution is 5.93. The van der Waals surface area contributed by atoms with Crippen molar-refractivity contribution in [1.29, 1.82) is 5.26 Å². The third-order valence-corrected chi connectivity index (χ3v) is 4.53. The topological polar surface area (TPSA) is 95.1 Å². The molecule has 0 spiro atoms. The lowest BCUT2D eigenvalue weighted by Gasteiger charge is -2.22. The van der Waals surface area contributed by atoms with Crippen LogP contribution >= 0.6 is 0 Å². The van der Waals surface area contributed by atoms with Crippen molar-refractivity contribution in [3.05, 3.63) is 46.9 Å². The van der Waals surface area contributed by atoms with E-state index < -0.39 is 6.17 Å². The Morgan fingerprint density at radius 3 is 2.92 bits per heavy atom. The normalized spacial score (nSPS) is 20.1. The number of nitrogens with zero attached hydrogens (tertiary/aromatic N) is 4. The Morgan fingerprint density at radius 2 is 2.31 bits per heavy atom. The summed E-state index contributed by atoms with van der Waals surface area (Å²) in [6.07, 6.45) is 0.770. The molecule has 0 aliphatic carbocycles. The molecule has 26 heavy (non-hydrogen) atoms. The lowest BCUT2D eigenvalue weighted by molar-refractivity contribution is 0.0938. The van der Waals surface area contributed by atoms with Gasteiger partial charge in [-0.05, 0) is 32.4 Å². The molecule has 0 unspecified atom stereocenters. The SMILES string of the molecule is Cc1nc(CN2C[C@@H](F)C[C@H]2CNC(=O)c2ccc(C#N)nc2)oc1C. The van der Waals surface area contributed by atoms with E-state index in [0.717, 1.165) is 11.5 Å². The molecule has 136 valence electrons. The Morgan fingerprint density at radius 1 is 1.50 bits per heavy atom. The van der Waals surface area contributed by atoms with E-state index in [9.17, 15) is 9.18 Å². The first-order chi connectivity index (χ1) is 12.5. The van der Waals surface area contributed by atoms with Gasteiger partial charge in [0, 0.05) is 25.3 Å². The van der Waals surface area contributed by atoms with E-state index in [-0.39, 0.29) is 17.6 Å². The van der Waals surface area contributed by atoms with Crippen LogP contribution in [0.5, 0.6) is 0 Å². The highest BCUT2D eigenvalue weighted by atomic mass is 19.1. The molecule has 2 aromatic rings. The summed E-state index contributed by atoms with van der Waals surface area (Å²) < 4.78 is 19.5. The minimum absolute atomic E-state index is 0.132. The number of rotatable bonds is 5. The fraction of sp³-hybridized carbons (Fsp3) is 0.444. The summed E-state index contributed by atoms with van der Waals surface area (Å²) in [5, 5.41) is 11.6. The molecule has 2 aromatic heterocycles. The standard InChI is InChI=1S/C18H20FN5O2/c1-11-12(2)26-17(23-11)10-24-9-14(19)5-16(24)8-22-18(25)13-3-4-15(6-20)21-7-13/h3-4,7,14,16H,5,8-10H2,1-2H3,(H,22,25)/t14-,16-/m0/s1. The quantitative estimate of drug-likeness (QED) is 0.878. The summed E-state index contributed by atoms with van der Waals surface area (Å²) in [4.78, 5) is 22.4. The predicted octanol–water partition coefficient (Wildman–Crippen LogP) is 1.90. The third-order valence-electron chi connectivity index (χ3n) is 4.53. The first-order valence-electron chi connectivity index (χ1n) is 8.41. The number of aromatic nitrogens is 2. The zero-order valence-corrected chi connectivity index (χ0v) is 14.7. The molecule has 1 N–H and O–H groups in total. The maximum Gasteiger partial charge on any atom is 0.252 e. The van der Waals surface area contributed by atoms with E-state index in [1.165, 1.54) is 12.3 Å². The van der Waals surface area contributed by atoms with Gasteiger partial charge in [-0.25, -0.2) is 14.4 Å².